The Balaban J connectivity index is 2.06. The highest BCUT2D eigenvalue weighted by Crippen LogP contribution is 2.14. The lowest BCUT2D eigenvalue weighted by Crippen LogP contribution is -2.41. The Labute approximate surface area is 132 Å². The molecule has 1 atom stereocenters. The van der Waals surface area contributed by atoms with Gasteiger partial charge in [-0.3, -0.25) is 4.79 Å². The maximum atomic E-state index is 13.1. The highest BCUT2D eigenvalue weighted by molar-refractivity contribution is 7.89. The highest BCUT2D eigenvalue weighted by atomic mass is 32.2. The molecule has 0 heterocycles. The molecule has 0 spiro atoms. The molecule has 2 aromatic rings. The number of anilines is 1. The number of halogens is 2. The van der Waals surface area contributed by atoms with Gasteiger partial charge in [-0.2, -0.15) is 4.72 Å². The third-order valence-corrected chi connectivity index (χ3v) is 4.52. The van der Waals surface area contributed by atoms with E-state index < -0.39 is 33.6 Å². The van der Waals surface area contributed by atoms with Gasteiger partial charge < -0.3 is 5.32 Å². The van der Waals surface area contributed by atoms with E-state index in [1.54, 1.807) is 18.2 Å². The molecule has 23 heavy (non-hydrogen) atoms. The van der Waals surface area contributed by atoms with Crippen molar-refractivity contribution >= 4 is 21.6 Å². The number of nitrogens with one attached hydrogen (secondary N) is 2. The Morgan fingerprint density at radius 3 is 2.30 bits per heavy atom. The molecule has 2 rings (SSSR count). The largest absolute Gasteiger partial charge is 0.325 e. The van der Waals surface area contributed by atoms with Gasteiger partial charge in [0.25, 0.3) is 0 Å². The molecule has 0 aliphatic carbocycles. The molecule has 5 nitrogen and oxygen atoms in total. The molecule has 0 bridgehead atoms. The van der Waals surface area contributed by atoms with Gasteiger partial charge in [-0.25, -0.2) is 17.2 Å². The maximum Gasteiger partial charge on any atom is 0.242 e. The first kappa shape index (κ1) is 17.0. The van der Waals surface area contributed by atoms with Crippen LogP contribution in [0.2, 0.25) is 0 Å². The summed E-state index contributed by atoms with van der Waals surface area (Å²) < 4.78 is 52.3. The monoisotopic (exact) mass is 340 g/mol. The minimum absolute atomic E-state index is 0.0208. The van der Waals surface area contributed by atoms with Crippen molar-refractivity contribution in [2.45, 2.75) is 17.9 Å². The second-order valence-electron chi connectivity index (χ2n) is 4.77. The minimum Gasteiger partial charge on any atom is -0.325 e. The highest BCUT2D eigenvalue weighted by Gasteiger charge is 2.22. The Kier molecular flexibility index (Phi) is 5.07. The molecule has 1 amide bonds. The van der Waals surface area contributed by atoms with Crippen LogP contribution in [0.1, 0.15) is 6.92 Å². The summed E-state index contributed by atoms with van der Waals surface area (Å²) in [5.41, 5.74) is 0.0275. The fourth-order valence-electron chi connectivity index (χ4n) is 1.78. The number of carbonyl (C=O) groups is 1. The number of rotatable bonds is 5. The lowest BCUT2D eigenvalue weighted by molar-refractivity contribution is -0.117. The van der Waals surface area contributed by atoms with Crippen LogP contribution < -0.4 is 10.0 Å². The summed E-state index contributed by atoms with van der Waals surface area (Å²) in [6, 6.07) is 9.31. The molecule has 0 saturated carbocycles. The molecule has 0 radical (unpaired) electrons. The average Bonchev–Trinajstić information content (AvgIpc) is 2.51. The number of hydrogen-bond donors (Lipinski definition) is 2. The Morgan fingerprint density at radius 1 is 1.04 bits per heavy atom. The fraction of sp³-hybridized carbons (Fsp3) is 0.133. The van der Waals surface area contributed by atoms with Crippen molar-refractivity contribution in [3.63, 3.8) is 0 Å². The van der Waals surface area contributed by atoms with Crippen molar-refractivity contribution in [3.8, 4) is 0 Å². The zero-order chi connectivity index (χ0) is 17.0. The molecule has 1 unspecified atom stereocenters. The first-order valence-electron chi connectivity index (χ1n) is 6.63. The summed E-state index contributed by atoms with van der Waals surface area (Å²) in [5, 5.41) is 2.31. The molecule has 2 aromatic carbocycles. The second kappa shape index (κ2) is 6.84. The zero-order valence-electron chi connectivity index (χ0n) is 12.1. The second-order valence-corrected chi connectivity index (χ2v) is 6.49. The SMILES string of the molecule is CC(NS(=O)(=O)c1ccccc1)C(=O)Nc1ccc(F)c(F)c1. The van der Waals surface area contributed by atoms with Crippen LogP contribution in [-0.2, 0) is 14.8 Å². The zero-order valence-corrected chi connectivity index (χ0v) is 12.9. The minimum atomic E-state index is -3.86. The molecule has 8 heteroatoms. The molecule has 0 fully saturated rings. The van der Waals surface area contributed by atoms with Crippen molar-refractivity contribution in [2.24, 2.45) is 0 Å². The van der Waals surface area contributed by atoms with Gasteiger partial charge in [-0.05, 0) is 31.2 Å². The Morgan fingerprint density at radius 2 is 1.70 bits per heavy atom. The lowest BCUT2D eigenvalue weighted by atomic mass is 10.2. The first-order valence-corrected chi connectivity index (χ1v) is 8.11. The summed E-state index contributed by atoms with van der Waals surface area (Å²) in [4.78, 5) is 12.0. The van der Waals surface area contributed by atoms with Crippen molar-refractivity contribution < 1.29 is 22.0 Å². The van der Waals surface area contributed by atoms with E-state index in [1.807, 2.05) is 0 Å². The molecule has 2 N–H and O–H groups in total. The van der Waals surface area contributed by atoms with E-state index in [1.165, 1.54) is 25.1 Å². The Hall–Kier alpha value is -2.32. The van der Waals surface area contributed by atoms with Gasteiger partial charge in [0.15, 0.2) is 11.6 Å². The average molecular weight is 340 g/mol. The van der Waals surface area contributed by atoms with Crippen LogP contribution in [0.15, 0.2) is 53.4 Å². The smallest absolute Gasteiger partial charge is 0.242 e. The molecule has 122 valence electrons. The van der Waals surface area contributed by atoms with Gasteiger partial charge >= 0.3 is 0 Å². The van der Waals surface area contributed by atoms with Crippen molar-refractivity contribution in [3.05, 3.63) is 60.2 Å². The number of benzene rings is 2. The fourth-order valence-corrected chi connectivity index (χ4v) is 3.00. The summed E-state index contributed by atoms with van der Waals surface area (Å²) in [6.07, 6.45) is 0. The van der Waals surface area contributed by atoms with Crippen molar-refractivity contribution in [1.82, 2.24) is 4.72 Å². The summed E-state index contributed by atoms with van der Waals surface area (Å²) in [6.45, 7) is 1.34. The van der Waals surface area contributed by atoms with E-state index >= 15 is 0 Å². The molecular formula is C15H14F2N2O3S. The van der Waals surface area contributed by atoms with Crippen LogP contribution in [0, 0.1) is 11.6 Å². The van der Waals surface area contributed by atoms with Crippen molar-refractivity contribution in [2.75, 3.05) is 5.32 Å². The molecule has 0 aliphatic heterocycles. The molecular weight excluding hydrogens is 326 g/mol. The molecule has 0 aliphatic rings. The van der Waals surface area contributed by atoms with E-state index in [2.05, 4.69) is 10.0 Å². The van der Waals surface area contributed by atoms with Gasteiger partial charge in [0, 0.05) is 11.8 Å². The van der Waals surface area contributed by atoms with E-state index in [0.29, 0.717) is 0 Å². The van der Waals surface area contributed by atoms with E-state index in [-0.39, 0.29) is 10.6 Å². The van der Waals surface area contributed by atoms with Crippen LogP contribution >= 0.6 is 0 Å². The van der Waals surface area contributed by atoms with E-state index in [0.717, 1.165) is 12.1 Å². The van der Waals surface area contributed by atoms with Gasteiger partial charge in [0.1, 0.15) is 0 Å². The normalized spacial score (nSPS) is 12.7. The van der Waals surface area contributed by atoms with Crippen LogP contribution in [0.5, 0.6) is 0 Å². The lowest BCUT2D eigenvalue weighted by Gasteiger charge is -2.14. The topological polar surface area (TPSA) is 75.3 Å². The van der Waals surface area contributed by atoms with Crippen LogP contribution in [0.3, 0.4) is 0 Å². The predicted molar refractivity (Wildman–Crippen MR) is 81.2 cm³/mol. The molecule has 0 saturated heterocycles. The summed E-state index contributed by atoms with van der Waals surface area (Å²) >= 11 is 0. The van der Waals surface area contributed by atoms with Gasteiger partial charge in [-0.1, -0.05) is 18.2 Å². The standard InChI is InChI=1S/C15H14F2N2O3S/c1-10(19-23(21,22)12-5-3-2-4-6-12)15(20)18-11-7-8-13(16)14(17)9-11/h2-10,19H,1H3,(H,18,20). The quantitative estimate of drug-likeness (QED) is 0.877. The number of amides is 1. The van der Waals surface area contributed by atoms with Crippen LogP contribution in [0.25, 0.3) is 0 Å². The number of carbonyl (C=O) groups excluding carboxylic acids is 1. The third-order valence-electron chi connectivity index (χ3n) is 2.97. The van der Waals surface area contributed by atoms with E-state index in [9.17, 15) is 22.0 Å². The van der Waals surface area contributed by atoms with Crippen LogP contribution in [-0.4, -0.2) is 20.4 Å². The van der Waals surface area contributed by atoms with Gasteiger partial charge in [0.2, 0.25) is 15.9 Å². The first-order chi connectivity index (χ1) is 10.8. The van der Waals surface area contributed by atoms with Gasteiger partial charge in [-0.15, -0.1) is 0 Å². The summed E-state index contributed by atoms with van der Waals surface area (Å²) in [7, 11) is -3.86. The third kappa shape index (κ3) is 4.33. The Bertz CT molecular complexity index is 811. The predicted octanol–water partition coefficient (Wildman–Crippen LogP) is 2.27. The van der Waals surface area contributed by atoms with Crippen LogP contribution in [0.4, 0.5) is 14.5 Å². The number of hydrogen-bond acceptors (Lipinski definition) is 3. The number of sulfonamides is 1. The summed E-state index contributed by atoms with van der Waals surface area (Å²) in [5.74, 6) is -2.85. The molecule has 0 aromatic heterocycles. The van der Waals surface area contributed by atoms with E-state index in [4.69, 9.17) is 0 Å². The van der Waals surface area contributed by atoms with Crippen molar-refractivity contribution in [1.29, 1.82) is 0 Å². The maximum absolute atomic E-state index is 13.1. The van der Waals surface area contributed by atoms with Gasteiger partial charge in [0.05, 0.1) is 10.9 Å².